The van der Waals surface area contributed by atoms with Gasteiger partial charge in [-0.2, -0.15) is 0 Å². The molecule has 2 aliphatic carbocycles. The first kappa shape index (κ1) is 16.0. The Morgan fingerprint density at radius 2 is 2.13 bits per heavy atom. The predicted molar refractivity (Wildman–Crippen MR) is 88.9 cm³/mol. The zero-order chi connectivity index (χ0) is 16.6. The predicted octanol–water partition coefficient (Wildman–Crippen LogP) is 2.80. The van der Waals surface area contributed by atoms with Crippen molar-refractivity contribution in [1.29, 1.82) is 0 Å². The zero-order valence-electron chi connectivity index (χ0n) is 14.4. The summed E-state index contributed by atoms with van der Waals surface area (Å²) in [6.45, 7) is 6.70. The molecule has 0 radical (unpaired) electrons. The van der Waals surface area contributed by atoms with Gasteiger partial charge in [-0.1, -0.05) is 0 Å². The van der Waals surface area contributed by atoms with Crippen molar-refractivity contribution in [3.05, 3.63) is 17.5 Å². The SMILES string of the molecule is CN(CCNC(=O)OC(C)(C)C)c1ncc2c(n1)C1CCC2C1. The number of hydrogen-bond acceptors (Lipinski definition) is 5. The molecule has 0 saturated heterocycles. The number of alkyl carbamates (subject to hydrolysis) is 1. The molecule has 1 saturated carbocycles. The third-order valence-corrected chi connectivity index (χ3v) is 4.55. The van der Waals surface area contributed by atoms with Crippen LogP contribution < -0.4 is 10.2 Å². The van der Waals surface area contributed by atoms with Crippen LogP contribution in [0.5, 0.6) is 0 Å². The fraction of sp³-hybridized carbons (Fsp3) is 0.706. The number of ether oxygens (including phenoxy) is 1. The van der Waals surface area contributed by atoms with E-state index in [4.69, 9.17) is 9.72 Å². The number of nitrogens with zero attached hydrogens (tertiary/aromatic N) is 3. The Morgan fingerprint density at radius 1 is 1.39 bits per heavy atom. The Balaban J connectivity index is 1.52. The van der Waals surface area contributed by atoms with E-state index >= 15 is 0 Å². The number of rotatable bonds is 4. The number of aromatic nitrogens is 2. The van der Waals surface area contributed by atoms with E-state index in [2.05, 4.69) is 10.3 Å². The van der Waals surface area contributed by atoms with Crippen molar-refractivity contribution >= 4 is 12.0 Å². The molecule has 3 rings (SSSR count). The lowest BCUT2D eigenvalue weighted by atomic mass is 9.98. The van der Waals surface area contributed by atoms with Gasteiger partial charge in [-0.05, 0) is 51.5 Å². The molecular weight excluding hydrogens is 292 g/mol. The number of fused-ring (bicyclic) bond motifs is 5. The van der Waals surface area contributed by atoms with Gasteiger partial charge in [0, 0.05) is 32.3 Å². The molecule has 0 aliphatic heterocycles. The van der Waals surface area contributed by atoms with Gasteiger partial charge < -0.3 is 15.0 Å². The van der Waals surface area contributed by atoms with Gasteiger partial charge in [-0.3, -0.25) is 0 Å². The monoisotopic (exact) mass is 318 g/mol. The molecule has 1 aromatic heterocycles. The lowest BCUT2D eigenvalue weighted by Crippen LogP contribution is -2.37. The van der Waals surface area contributed by atoms with Gasteiger partial charge in [0.05, 0.1) is 5.69 Å². The topological polar surface area (TPSA) is 67.4 Å². The largest absolute Gasteiger partial charge is 0.444 e. The summed E-state index contributed by atoms with van der Waals surface area (Å²) in [6, 6.07) is 0. The molecule has 23 heavy (non-hydrogen) atoms. The number of anilines is 1. The van der Waals surface area contributed by atoms with Crippen LogP contribution in [0.2, 0.25) is 0 Å². The van der Waals surface area contributed by atoms with E-state index in [1.54, 1.807) is 0 Å². The summed E-state index contributed by atoms with van der Waals surface area (Å²) in [6.07, 6.45) is 5.41. The highest BCUT2D eigenvalue weighted by atomic mass is 16.6. The van der Waals surface area contributed by atoms with Gasteiger partial charge in [0.2, 0.25) is 5.95 Å². The molecule has 1 heterocycles. The van der Waals surface area contributed by atoms with E-state index in [1.165, 1.54) is 30.5 Å². The van der Waals surface area contributed by atoms with E-state index in [0.29, 0.717) is 24.9 Å². The maximum absolute atomic E-state index is 11.6. The van der Waals surface area contributed by atoms with Crippen LogP contribution in [0.1, 0.15) is 63.1 Å². The molecule has 1 aromatic rings. The second-order valence-corrected chi connectivity index (χ2v) is 7.57. The van der Waals surface area contributed by atoms with Gasteiger partial charge in [-0.15, -0.1) is 0 Å². The maximum atomic E-state index is 11.6. The van der Waals surface area contributed by atoms with Gasteiger partial charge in [0.25, 0.3) is 0 Å². The van der Waals surface area contributed by atoms with Crippen LogP contribution in [-0.4, -0.2) is 41.8 Å². The Labute approximate surface area is 137 Å². The molecule has 2 bridgehead atoms. The first-order valence-corrected chi connectivity index (χ1v) is 8.38. The third-order valence-electron chi connectivity index (χ3n) is 4.55. The highest BCUT2D eigenvalue weighted by Gasteiger charge is 2.38. The van der Waals surface area contributed by atoms with Crippen molar-refractivity contribution in [2.24, 2.45) is 0 Å². The maximum Gasteiger partial charge on any atom is 0.407 e. The minimum Gasteiger partial charge on any atom is -0.444 e. The van der Waals surface area contributed by atoms with Gasteiger partial charge in [-0.25, -0.2) is 14.8 Å². The fourth-order valence-corrected chi connectivity index (χ4v) is 3.47. The lowest BCUT2D eigenvalue weighted by molar-refractivity contribution is 0.0529. The Hall–Kier alpha value is -1.85. The van der Waals surface area contributed by atoms with E-state index in [-0.39, 0.29) is 0 Å². The molecule has 1 amide bonds. The summed E-state index contributed by atoms with van der Waals surface area (Å²) in [5.74, 6) is 2.05. The minimum atomic E-state index is -0.474. The summed E-state index contributed by atoms with van der Waals surface area (Å²) in [5, 5.41) is 2.76. The average molecular weight is 318 g/mol. The quantitative estimate of drug-likeness (QED) is 0.924. The summed E-state index contributed by atoms with van der Waals surface area (Å²) in [7, 11) is 1.95. The van der Waals surface area contributed by atoms with Crippen molar-refractivity contribution in [2.75, 3.05) is 25.0 Å². The number of hydrogen-bond donors (Lipinski definition) is 1. The third kappa shape index (κ3) is 3.57. The summed E-state index contributed by atoms with van der Waals surface area (Å²) in [5.41, 5.74) is 2.13. The number of carbonyl (C=O) groups is 1. The van der Waals surface area contributed by atoms with Crippen LogP contribution in [0, 0.1) is 0 Å². The molecular formula is C17H26N4O2. The highest BCUT2D eigenvalue weighted by Crippen LogP contribution is 2.52. The van der Waals surface area contributed by atoms with Crippen LogP contribution in [0.3, 0.4) is 0 Å². The van der Waals surface area contributed by atoms with Crippen molar-refractivity contribution in [2.45, 2.75) is 57.5 Å². The molecule has 2 unspecified atom stereocenters. The van der Waals surface area contributed by atoms with Crippen molar-refractivity contribution in [3.63, 3.8) is 0 Å². The zero-order valence-corrected chi connectivity index (χ0v) is 14.4. The van der Waals surface area contributed by atoms with Crippen LogP contribution in [0.15, 0.2) is 6.20 Å². The molecule has 1 fully saturated rings. The van der Waals surface area contributed by atoms with Crippen LogP contribution >= 0.6 is 0 Å². The van der Waals surface area contributed by atoms with E-state index < -0.39 is 11.7 Å². The second-order valence-electron chi connectivity index (χ2n) is 7.57. The fourth-order valence-electron chi connectivity index (χ4n) is 3.47. The standard InChI is InChI=1S/C17H26N4O2/c1-17(2,3)23-16(22)18-7-8-21(4)15-19-10-13-11-5-6-12(9-11)14(13)20-15/h10-12H,5-9H2,1-4H3,(H,18,22). The van der Waals surface area contributed by atoms with E-state index in [1.807, 2.05) is 38.9 Å². The highest BCUT2D eigenvalue weighted by molar-refractivity contribution is 5.67. The normalized spacial score (nSPS) is 21.9. The lowest BCUT2D eigenvalue weighted by Gasteiger charge is -2.22. The first-order chi connectivity index (χ1) is 10.8. The van der Waals surface area contributed by atoms with Gasteiger partial charge >= 0.3 is 6.09 Å². The molecule has 2 atom stereocenters. The van der Waals surface area contributed by atoms with Gasteiger partial charge in [0.15, 0.2) is 0 Å². The molecule has 126 valence electrons. The van der Waals surface area contributed by atoms with E-state index in [0.717, 1.165) is 5.95 Å². The molecule has 2 aliphatic rings. The van der Waals surface area contributed by atoms with Crippen molar-refractivity contribution in [3.8, 4) is 0 Å². The van der Waals surface area contributed by atoms with E-state index in [9.17, 15) is 4.79 Å². The smallest absolute Gasteiger partial charge is 0.407 e. The molecule has 0 aromatic carbocycles. The van der Waals surface area contributed by atoms with Crippen LogP contribution in [0.4, 0.5) is 10.7 Å². The number of amides is 1. The summed E-state index contributed by atoms with van der Waals surface area (Å²) >= 11 is 0. The van der Waals surface area contributed by atoms with Crippen molar-refractivity contribution < 1.29 is 9.53 Å². The summed E-state index contributed by atoms with van der Waals surface area (Å²) in [4.78, 5) is 22.9. The van der Waals surface area contributed by atoms with Gasteiger partial charge in [0.1, 0.15) is 5.60 Å². The Kier molecular flexibility index (Phi) is 4.17. The van der Waals surface area contributed by atoms with Crippen molar-refractivity contribution in [1.82, 2.24) is 15.3 Å². The number of likely N-dealkylation sites (N-methyl/N-ethyl adjacent to an activating group) is 1. The molecule has 6 nitrogen and oxygen atoms in total. The number of nitrogens with one attached hydrogen (secondary N) is 1. The number of carbonyl (C=O) groups excluding carboxylic acids is 1. The Morgan fingerprint density at radius 3 is 2.87 bits per heavy atom. The first-order valence-electron chi connectivity index (χ1n) is 8.38. The summed E-state index contributed by atoms with van der Waals surface area (Å²) < 4.78 is 5.22. The molecule has 1 N–H and O–H groups in total. The second kappa shape index (κ2) is 5.98. The average Bonchev–Trinajstić information content (AvgIpc) is 3.06. The minimum absolute atomic E-state index is 0.391. The molecule has 6 heteroatoms. The van der Waals surface area contributed by atoms with Crippen LogP contribution in [0.25, 0.3) is 0 Å². The molecule has 0 spiro atoms. The Bertz CT molecular complexity index is 597. The van der Waals surface area contributed by atoms with Crippen LogP contribution in [-0.2, 0) is 4.74 Å².